The molecule has 7 nitrogen and oxygen atoms in total. The number of nitrogens with one attached hydrogen (secondary N) is 2. The summed E-state index contributed by atoms with van der Waals surface area (Å²) in [5.74, 6) is 1.63. The Bertz CT molecular complexity index is 1070. The number of benzene rings is 1. The van der Waals surface area contributed by atoms with Crippen molar-refractivity contribution in [1.29, 1.82) is 0 Å². The maximum Gasteiger partial charge on any atom is 0.191 e. The van der Waals surface area contributed by atoms with Crippen molar-refractivity contribution in [2.45, 2.75) is 32.9 Å². The van der Waals surface area contributed by atoms with Crippen LogP contribution in [0.5, 0.6) is 0 Å². The van der Waals surface area contributed by atoms with E-state index in [1.165, 1.54) is 5.56 Å². The summed E-state index contributed by atoms with van der Waals surface area (Å²) >= 11 is 6.31. The van der Waals surface area contributed by atoms with Crippen molar-refractivity contribution < 1.29 is 0 Å². The van der Waals surface area contributed by atoms with Gasteiger partial charge in [-0.05, 0) is 44.5 Å². The third-order valence-corrected chi connectivity index (χ3v) is 5.96. The van der Waals surface area contributed by atoms with Crippen LogP contribution >= 0.6 is 35.6 Å². The topological polar surface area (TPSA) is 70.4 Å². The number of para-hydroxylation sites is 1. The highest BCUT2D eigenvalue weighted by atomic mass is 127. The lowest BCUT2D eigenvalue weighted by atomic mass is 10.2. The molecule has 3 heterocycles. The molecule has 0 spiro atoms. The highest BCUT2D eigenvalue weighted by molar-refractivity contribution is 14.0. The van der Waals surface area contributed by atoms with Crippen LogP contribution in [-0.2, 0) is 6.54 Å². The molecule has 0 bridgehead atoms. The van der Waals surface area contributed by atoms with Gasteiger partial charge < -0.3 is 15.5 Å². The van der Waals surface area contributed by atoms with Crippen molar-refractivity contribution in [1.82, 2.24) is 25.4 Å². The molecule has 1 saturated heterocycles. The first-order valence-electron chi connectivity index (χ1n) is 10.5. The van der Waals surface area contributed by atoms with Crippen LogP contribution in [0.15, 0.2) is 53.7 Å². The van der Waals surface area contributed by atoms with Crippen LogP contribution in [0.25, 0.3) is 5.69 Å². The van der Waals surface area contributed by atoms with Gasteiger partial charge in [0.05, 0.1) is 16.4 Å². The Morgan fingerprint density at radius 2 is 1.97 bits per heavy atom. The molecule has 1 fully saturated rings. The maximum atomic E-state index is 6.31. The second-order valence-corrected chi connectivity index (χ2v) is 8.11. The van der Waals surface area contributed by atoms with E-state index in [9.17, 15) is 0 Å². The van der Waals surface area contributed by atoms with Crippen LogP contribution in [-0.4, -0.2) is 46.9 Å². The van der Waals surface area contributed by atoms with Gasteiger partial charge in [-0.25, -0.2) is 9.67 Å². The van der Waals surface area contributed by atoms with E-state index in [0.29, 0.717) is 11.6 Å². The van der Waals surface area contributed by atoms with Crippen molar-refractivity contribution in [3.05, 3.63) is 70.6 Å². The first-order chi connectivity index (χ1) is 15.1. The molecule has 1 aliphatic heterocycles. The van der Waals surface area contributed by atoms with E-state index in [2.05, 4.69) is 44.6 Å². The predicted molar refractivity (Wildman–Crippen MR) is 142 cm³/mol. The molecule has 32 heavy (non-hydrogen) atoms. The van der Waals surface area contributed by atoms with Gasteiger partial charge >= 0.3 is 0 Å². The van der Waals surface area contributed by atoms with Crippen LogP contribution in [0, 0.1) is 13.8 Å². The molecular weight excluding hydrogens is 537 g/mol. The Labute approximate surface area is 211 Å². The molecule has 9 heteroatoms. The Hall–Kier alpha value is -2.33. The molecule has 1 atom stereocenters. The van der Waals surface area contributed by atoms with Crippen molar-refractivity contribution in [2.24, 2.45) is 4.99 Å². The number of guanidine groups is 1. The van der Waals surface area contributed by atoms with E-state index in [4.69, 9.17) is 16.7 Å². The van der Waals surface area contributed by atoms with E-state index < -0.39 is 0 Å². The van der Waals surface area contributed by atoms with Gasteiger partial charge in [0.25, 0.3) is 0 Å². The summed E-state index contributed by atoms with van der Waals surface area (Å²) in [4.78, 5) is 11.1. The fourth-order valence-corrected chi connectivity index (χ4v) is 4.23. The monoisotopic (exact) mass is 565 g/mol. The minimum atomic E-state index is 0. The van der Waals surface area contributed by atoms with E-state index in [1.54, 1.807) is 13.2 Å². The van der Waals surface area contributed by atoms with Crippen molar-refractivity contribution in [3.8, 4) is 5.69 Å². The van der Waals surface area contributed by atoms with Gasteiger partial charge in [0.2, 0.25) is 0 Å². The van der Waals surface area contributed by atoms with Gasteiger partial charge in [-0.2, -0.15) is 5.10 Å². The molecule has 170 valence electrons. The fourth-order valence-electron chi connectivity index (χ4n) is 3.99. The average Bonchev–Trinajstić information content (AvgIpc) is 3.36. The summed E-state index contributed by atoms with van der Waals surface area (Å²) < 4.78 is 1.99. The molecule has 0 amide bonds. The number of hydrogen-bond acceptors (Lipinski definition) is 4. The third-order valence-electron chi connectivity index (χ3n) is 5.67. The molecule has 3 aromatic rings. The number of nitrogens with zero attached hydrogens (tertiary/aromatic N) is 5. The molecule has 1 unspecified atom stereocenters. The summed E-state index contributed by atoms with van der Waals surface area (Å²) in [6.45, 7) is 6.55. The highest BCUT2D eigenvalue weighted by Crippen LogP contribution is 2.25. The normalized spacial score (nSPS) is 16.1. The van der Waals surface area contributed by atoms with Gasteiger partial charge in [0.15, 0.2) is 5.96 Å². The summed E-state index contributed by atoms with van der Waals surface area (Å²) in [6, 6.07) is 14.2. The lowest BCUT2D eigenvalue weighted by Gasteiger charge is -2.20. The number of aromatic nitrogens is 3. The molecule has 1 aliphatic rings. The summed E-state index contributed by atoms with van der Waals surface area (Å²) in [5.41, 5.74) is 4.39. The number of aryl methyl sites for hydroxylation is 1. The van der Waals surface area contributed by atoms with Gasteiger partial charge in [-0.15, -0.1) is 24.0 Å². The standard InChI is InChI=1S/C23H28ClN7.HI/c1-16-20(17(2)31(29-16)19-8-5-4-6-9-19)14-27-23(25-3)28-18-11-13-30(15-18)22-21(24)10-7-12-26-22;/h4-10,12,18H,11,13-15H2,1-3H3,(H2,25,27,28);1H. The zero-order valence-corrected chi connectivity index (χ0v) is 21.6. The summed E-state index contributed by atoms with van der Waals surface area (Å²) in [6.07, 6.45) is 2.78. The molecule has 0 aliphatic carbocycles. The Balaban J connectivity index is 0.00000289. The number of rotatable bonds is 5. The van der Waals surface area contributed by atoms with Gasteiger partial charge in [-0.3, -0.25) is 4.99 Å². The van der Waals surface area contributed by atoms with Crippen molar-refractivity contribution in [3.63, 3.8) is 0 Å². The SMILES string of the molecule is CN=C(NCc1c(C)nn(-c2ccccc2)c1C)NC1CCN(c2ncccc2Cl)C1.I. The predicted octanol–water partition coefficient (Wildman–Crippen LogP) is 4.10. The highest BCUT2D eigenvalue weighted by Gasteiger charge is 2.25. The largest absolute Gasteiger partial charge is 0.353 e. The maximum absolute atomic E-state index is 6.31. The Morgan fingerprint density at radius 1 is 1.19 bits per heavy atom. The molecular formula is C23H29ClIN7. The molecule has 0 radical (unpaired) electrons. The molecule has 2 aromatic heterocycles. The minimum absolute atomic E-state index is 0. The number of anilines is 1. The number of pyridine rings is 1. The zero-order chi connectivity index (χ0) is 21.8. The van der Waals surface area contributed by atoms with E-state index in [1.807, 2.05) is 41.9 Å². The second kappa shape index (κ2) is 11.0. The van der Waals surface area contributed by atoms with Crippen LogP contribution in [0.4, 0.5) is 5.82 Å². The van der Waals surface area contributed by atoms with Gasteiger partial charge in [0.1, 0.15) is 5.82 Å². The summed E-state index contributed by atoms with van der Waals surface area (Å²) in [5, 5.41) is 12.4. The lowest BCUT2D eigenvalue weighted by Crippen LogP contribution is -2.44. The third kappa shape index (κ3) is 5.35. The van der Waals surface area contributed by atoms with E-state index in [-0.39, 0.29) is 30.0 Å². The van der Waals surface area contributed by atoms with Gasteiger partial charge in [0, 0.05) is 50.2 Å². The molecule has 2 N–H and O–H groups in total. The average molecular weight is 566 g/mol. The van der Waals surface area contributed by atoms with E-state index in [0.717, 1.165) is 48.4 Å². The molecule has 4 rings (SSSR count). The second-order valence-electron chi connectivity index (χ2n) is 7.71. The fraction of sp³-hybridized carbons (Fsp3) is 0.348. The summed E-state index contributed by atoms with van der Waals surface area (Å²) in [7, 11) is 1.80. The quantitative estimate of drug-likeness (QED) is 0.277. The van der Waals surface area contributed by atoms with E-state index >= 15 is 0 Å². The number of halogens is 2. The minimum Gasteiger partial charge on any atom is -0.353 e. The smallest absolute Gasteiger partial charge is 0.191 e. The lowest BCUT2D eigenvalue weighted by molar-refractivity contribution is 0.647. The number of aliphatic imine (C=N–C) groups is 1. The van der Waals surface area contributed by atoms with Gasteiger partial charge in [-0.1, -0.05) is 29.8 Å². The van der Waals surface area contributed by atoms with Crippen LogP contribution in [0.3, 0.4) is 0 Å². The molecule has 0 saturated carbocycles. The Morgan fingerprint density at radius 3 is 2.69 bits per heavy atom. The molecule has 1 aromatic carbocycles. The Kier molecular flexibility index (Phi) is 8.36. The van der Waals surface area contributed by atoms with Crippen molar-refractivity contribution >= 4 is 47.4 Å². The van der Waals surface area contributed by atoms with Crippen LogP contribution < -0.4 is 15.5 Å². The van der Waals surface area contributed by atoms with Crippen molar-refractivity contribution in [2.75, 3.05) is 25.0 Å². The first-order valence-corrected chi connectivity index (χ1v) is 10.9. The van der Waals surface area contributed by atoms with Crippen LogP contribution in [0.2, 0.25) is 5.02 Å². The van der Waals surface area contributed by atoms with Crippen LogP contribution in [0.1, 0.15) is 23.4 Å². The number of hydrogen-bond donors (Lipinski definition) is 2. The zero-order valence-electron chi connectivity index (χ0n) is 18.5. The first kappa shape index (κ1) is 24.3.